The maximum atomic E-state index is 9.70. The van der Waals surface area contributed by atoms with Crippen LogP contribution >= 0.6 is 11.8 Å². The molecule has 0 saturated heterocycles. The van der Waals surface area contributed by atoms with Crippen molar-refractivity contribution in [1.29, 1.82) is 0 Å². The van der Waals surface area contributed by atoms with Crippen LogP contribution in [0.2, 0.25) is 0 Å². The Kier molecular flexibility index (Phi) is 3.28. The number of aliphatic hydroxyl groups excluding tert-OH is 1. The fourth-order valence-corrected chi connectivity index (χ4v) is 3.00. The summed E-state index contributed by atoms with van der Waals surface area (Å²) in [6.07, 6.45) is 2.85. The van der Waals surface area contributed by atoms with E-state index in [2.05, 4.69) is 10.2 Å². The Morgan fingerprint density at radius 3 is 2.87 bits per heavy atom. The molecule has 1 aliphatic carbocycles. The number of hydrogen-bond donors (Lipinski definition) is 2. The van der Waals surface area contributed by atoms with Gasteiger partial charge in [0.25, 0.3) is 0 Å². The van der Waals surface area contributed by atoms with Crippen LogP contribution in [0.15, 0.2) is 5.16 Å². The molecule has 2 unspecified atom stereocenters. The zero-order chi connectivity index (χ0) is 10.8. The van der Waals surface area contributed by atoms with Crippen molar-refractivity contribution in [1.82, 2.24) is 14.8 Å². The van der Waals surface area contributed by atoms with E-state index in [1.54, 1.807) is 11.8 Å². The Hall–Kier alpha value is -0.590. The van der Waals surface area contributed by atoms with Crippen molar-refractivity contribution in [3.05, 3.63) is 5.82 Å². The summed E-state index contributed by atoms with van der Waals surface area (Å²) in [5.41, 5.74) is 5.52. The van der Waals surface area contributed by atoms with E-state index in [1.165, 1.54) is 0 Å². The second-order valence-corrected chi connectivity index (χ2v) is 5.02. The van der Waals surface area contributed by atoms with Gasteiger partial charge < -0.3 is 15.4 Å². The topological polar surface area (TPSA) is 77.0 Å². The lowest BCUT2D eigenvalue weighted by Crippen LogP contribution is -2.16. The van der Waals surface area contributed by atoms with E-state index in [-0.39, 0.29) is 11.4 Å². The van der Waals surface area contributed by atoms with Gasteiger partial charge in [-0.3, -0.25) is 0 Å². The zero-order valence-corrected chi connectivity index (χ0v) is 9.57. The van der Waals surface area contributed by atoms with Gasteiger partial charge in [-0.1, -0.05) is 11.8 Å². The molecule has 1 aliphatic rings. The predicted octanol–water partition coefficient (Wildman–Crippen LogP) is 0.279. The molecule has 0 bridgehead atoms. The molecule has 1 heterocycles. The minimum absolute atomic E-state index is 0.201. The van der Waals surface area contributed by atoms with E-state index in [9.17, 15) is 5.11 Å². The first-order valence-corrected chi connectivity index (χ1v) is 6.03. The third-order valence-electron chi connectivity index (χ3n) is 2.78. The van der Waals surface area contributed by atoms with Gasteiger partial charge in [0.2, 0.25) is 0 Å². The van der Waals surface area contributed by atoms with E-state index in [4.69, 9.17) is 5.73 Å². The van der Waals surface area contributed by atoms with Crippen molar-refractivity contribution in [2.45, 2.75) is 42.3 Å². The number of nitrogens with two attached hydrogens (primary N) is 1. The Balaban J connectivity index is 2.07. The Morgan fingerprint density at radius 1 is 1.53 bits per heavy atom. The van der Waals surface area contributed by atoms with Gasteiger partial charge in [0.05, 0.1) is 12.6 Å². The summed E-state index contributed by atoms with van der Waals surface area (Å²) >= 11 is 1.61. The van der Waals surface area contributed by atoms with Gasteiger partial charge in [-0.05, 0) is 19.3 Å². The van der Waals surface area contributed by atoms with Gasteiger partial charge in [-0.15, -0.1) is 10.2 Å². The first-order valence-electron chi connectivity index (χ1n) is 5.15. The molecule has 0 spiro atoms. The quantitative estimate of drug-likeness (QED) is 0.777. The molecular weight excluding hydrogens is 212 g/mol. The number of rotatable bonds is 3. The number of aliphatic hydroxyl groups is 1. The Labute approximate surface area is 93.1 Å². The Morgan fingerprint density at radius 2 is 2.33 bits per heavy atom. The highest BCUT2D eigenvalue weighted by Crippen LogP contribution is 2.33. The molecule has 6 heteroatoms. The van der Waals surface area contributed by atoms with Gasteiger partial charge in [-0.25, -0.2) is 0 Å². The molecular formula is C9H16N4OS. The van der Waals surface area contributed by atoms with Gasteiger partial charge in [0, 0.05) is 12.3 Å². The van der Waals surface area contributed by atoms with Gasteiger partial charge in [0.15, 0.2) is 5.16 Å². The first kappa shape index (κ1) is 10.9. The van der Waals surface area contributed by atoms with Crippen molar-refractivity contribution in [3.8, 4) is 0 Å². The Bertz CT molecular complexity index is 341. The van der Waals surface area contributed by atoms with Crippen LogP contribution in [0.25, 0.3) is 0 Å². The average Bonchev–Trinajstić information content (AvgIpc) is 2.77. The largest absolute Gasteiger partial charge is 0.392 e. The number of hydrogen-bond acceptors (Lipinski definition) is 5. The summed E-state index contributed by atoms with van der Waals surface area (Å²) in [5.74, 6) is 0.782. The molecule has 5 nitrogen and oxygen atoms in total. The van der Waals surface area contributed by atoms with Crippen molar-refractivity contribution in [2.75, 3.05) is 0 Å². The predicted molar refractivity (Wildman–Crippen MR) is 58.4 cm³/mol. The molecule has 2 rings (SSSR count). The summed E-state index contributed by atoms with van der Waals surface area (Å²) in [6, 6.07) is 0. The molecule has 1 saturated carbocycles. The van der Waals surface area contributed by atoms with Crippen LogP contribution in [-0.2, 0) is 13.6 Å². The summed E-state index contributed by atoms with van der Waals surface area (Å²) in [6.45, 7) is 0.400. The van der Waals surface area contributed by atoms with E-state index >= 15 is 0 Å². The highest BCUT2D eigenvalue weighted by Gasteiger charge is 2.27. The minimum atomic E-state index is -0.201. The zero-order valence-electron chi connectivity index (χ0n) is 8.76. The second kappa shape index (κ2) is 4.51. The van der Waals surface area contributed by atoms with Crippen LogP contribution < -0.4 is 5.73 Å². The van der Waals surface area contributed by atoms with E-state index in [1.807, 2.05) is 11.6 Å². The first-order chi connectivity index (χ1) is 7.22. The van der Waals surface area contributed by atoms with Crippen LogP contribution in [0.4, 0.5) is 0 Å². The van der Waals surface area contributed by atoms with Crippen molar-refractivity contribution in [2.24, 2.45) is 12.8 Å². The molecule has 0 aliphatic heterocycles. The number of nitrogens with zero attached hydrogens (tertiary/aromatic N) is 3. The molecule has 2 atom stereocenters. The summed E-state index contributed by atoms with van der Waals surface area (Å²) in [4.78, 5) is 0. The van der Waals surface area contributed by atoms with Crippen molar-refractivity contribution < 1.29 is 5.11 Å². The third-order valence-corrected chi connectivity index (χ3v) is 4.20. The summed E-state index contributed by atoms with van der Waals surface area (Å²) in [7, 11) is 1.91. The fourth-order valence-electron chi connectivity index (χ4n) is 1.80. The smallest absolute Gasteiger partial charge is 0.191 e. The molecule has 0 aromatic carbocycles. The molecule has 15 heavy (non-hydrogen) atoms. The van der Waals surface area contributed by atoms with E-state index in [0.29, 0.717) is 6.54 Å². The lowest BCUT2D eigenvalue weighted by molar-refractivity contribution is 0.188. The van der Waals surface area contributed by atoms with Gasteiger partial charge in [0.1, 0.15) is 5.82 Å². The number of thioether (sulfide) groups is 1. The summed E-state index contributed by atoms with van der Waals surface area (Å²) < 4.78 is 1.90. The average molecular weight is 228 g/mol. The van der Waals surface area contributed by atoms with E-state index < -0.39 is 0 Å². The fraction of sp³-hybridized carbons (Fsp3) is 0.778. The van der Waals surface area contributed by atoms with Gasteiger partial charge >= 0.3 is 0 Å². The second-order valence-electron chi connectivity index (χ2n) is 3.82. The normalized spacial score (nSPS) is 26.1. The molecule has 3 N–H and O–H groups in total. The molecule has 0 radical (unpaired) electrons. The van der Waals surface area contributed by atoms with Crippen LogP contribution in [0.5, 0.6) is 0 Å². The molecule has 0 amide bonds. The molecule has 1 fully saturated rings. The minimum Gasteiger partial charge on any atom is -0.392 e. The highest BCUT2D eigenvalue weighted by molar-refractivity contribution is 7.99. The molecule has 84 valence electrons. The monoisotopic (exact) mass is 228 g/mol. The van der Waals surface area contributed by atoms with Crippen LogP contribution in [0.3, 0.4) is 0 Å². The maximum Gasteiger partial charge on any atom is 0.191 e. The number of aromatic nitrogens is 3. The van der Waals surface area contributed by atoms with E-state index in [0.717, 1.165) is 30.2 Å². The molecule has 1 aromatic rings. The molecule has 1 aromatic heterocycles. The standard InChI is InChI=1S/C9H16N4OS/c1-13-8(5-10)11-12-9(13)15-7-4-2-3-6(7)14/h6-7,14H,2-5,10H2,1H3. The van der Waals surface area contributed by atoms with Crippen molar-refractivity contribution >= 4 is 11.8 Å². The van der Waals surface area contributed by atoms with Crippen LogP contribution in [0.1, 0.15) is 25.1 Å². The highest BCUT2D eigenvalue weighted by atomic mass is 32.2. The van der Waals surface area contributed by atoms with Gasteiger partial charge in [-0.2, -0.15) is 0 Å². The lowest BCUT2D eigenvalue weighted by atomic mass is 10.3. The summed E-state index contributed by atoms with van der Waals surface area (Å²) in [5, 5.41) is 18.9. The third kappa shape index (κ3) is 2.16. The maximum absolute atomic E-state index is 9.70. The SMILES string of the molecule is Cn1c(CN)nnc1SC1CCCC1O. The van der Waals surface area contributed by atoms with Crippen LogP contribution in [0, 0.1) is 0 Å². The van der Waals surface area contributed by atoms with Crippen molar-refractivity contribution in [3.63, 3.8) is 0 Å². The van der Waals surface area contributed by atoms with Crippen LogP contribution in [-0.4, -0.2) is 31.2 Å². The lowest BCUT2D eigenvalue weighted by Gasteiger charge is -2.12.